The average molecular weight is 402 g/mol. The number of fused-ring (bicyclic) bond motifs is 2. The number of rotatable bonds is 1. The van der Waals surface area contributed by atoms with E-state index < -0.39 is 17.8 Å². The molecule has 0 fully saturated rings. The van der Waals surface area contributed by atoms with Crippen LogP contribution in [0.5, 0.6) is 0 Å². The van der Waals surface area contributed by atoms with Crippen LogP contribution in [0.3, 0.4) is 0 Å². The Morgan fingerprint density at radius 1 is 1.17 bits per heavy atom. The number of nitrogens with zero attached hydrogens (tertiary/aromatic N) is 3. The van der Waals surface area contributed by atoms with Crippen molar-refractivity contribution in [2.75, 3.05) is 11.9 Å². The quantitative estimate of drug-likeness (QED) is 0.676. The molecule has 0 atom stereocenters. The van der Waals surface area contributed by atoms with Crippen LogP contribution >= 0.6 is 0 Å². The largest absolute Gasteiger partial charge is 0.418 e. The predicted molar refractivity (Wildman–Crippen MR) is 101 cm³/mol. The molecule has 0 bridgehead atoms. The molecule has 1 aromatic carbocycles. The number of nitrogens with one attached hydrogen (secondary N) is 1. The fourth-order valence-electron chi connectivity index (χ4n) is 3.46. The molecule has 0 aliphatic carbocycles. The number of para-hydroxylation sites is 1. The van der Waals surface area contributed by atoms with Crippen LogP contribution in [0.25, 0.3) is 5.65 Å². The maximum atomic E-state index is 13.2. The van der Waals surface area contributed by atoms with E-state index in [4.69, 9.17) is 0 Å². The second-order valence-corrected chi connectivity index (χ2v) is 6.87. The van der Waals surface area contributed by atoms with Gasteiger partial charge in [0.05, 0.1) is 29.1 Å². The zero-order chi connectivity index (χ0) is 20.8. The van der Waals surface area contributed by atoms with Crippen LogP contribution in [-0.4, -0.2) is 26.9 Å². The van der Waals surface area contributed by atoms with Crippen molar-refractivity contribution in [1.82, 2.24) is 14.3 Å². The summed E-state index contributed by atoms with van der Waals surface area (Å²) < 4.78 is 40.9. The Morgan fingerprint density at radius 3 is 2.69 bits per heavy atom. The summed E-state index contributed by atoms with van der Waals surface area (Å²) in [7, 11) is 0. The van der Waals surface area contributed by atoms with Crippen molar-refractivity contribution in [2.24, 2.45) is 0 Å². The van der Waals surface area contributed by atoms with E-state index in [1.807, 2.05) is 13.0 Å². The fraction of sp³-hybridized carbons (Fsp3) is 0.250. The van der Waals surface area contributed by atoms with Crippen LogP contribution in [0.15, 0.2) is 47.4 Å². The lowest BCUT2D eigenvalue weighted by Crippen LogP contribution is -2.42. The van der Waals surface area contributed by atoms with E-state index in [2.05, 4.69) is 10.3 Å². The van der Waals surface area contributed by atoms with Gasteiger partial charge in [-0.05, 0) is 30.7 Å². The number of anilines is 1. The van der Waals surface area contributed by atoms with Crippen molar-refractivity contribution >= 4 is 17.4 Å². The maximum Gasteiger partial charge on any atom is 0.418 e. The Kier molecular flexibility index (Phi) is 4.52. The van der Waals surface area contributed by atoms with Gasteiger partial charge in [0.2, 0.25) is 0 Å². The molecule has 1 aliphatic rings. The molecule has 0 unspecified atom stereocenters. The minimum atomic E-state index is -4.59. The Hall–Kier alpha value is -3.36. The van der Waals surface area contributed by atoms with E-state index in [1.165, 1.54) is 27.5 Å². The van der Waals surface area contributed by atoms with Gasteiger partial charge >= 0.3 is 12.2 Å². The van der Waals surface area contributed by atoms with Gasteiger partial charge in [0.25, 0.3) is 5.56 Å². The van der Waals surface area contributed by atoms with Crippen molar-refractivity contribution in [3.8, 4) is 0 Å². The highest BCUT2D eigenvalue weighted by molar-refractivity contribution is 5.90. The first-order valence-electron chi connectivity index (χ1n) is 8.97. The molecule has 0 saturated heterocycles. The normalized spacial score (nSPS) is 14.0. The molecule has 3 heterocycles. The minimum Gasteiger partial charge on any atom is -0.320 e. The van der Waals surface area contributed by atoms with E-state index in [1.54, 1.807) is 12.3 Å². The van der Waals surface area contributed by atoms with Crippen LogP contribution in [0.4, 0.5) is 23.7 Å². The summed E-state index contributed by atoms with van der Waals surface area (Å²) in [4.78, 5) is 31.3. The molecule has 6 nitrogen and oxygen atoms in total. The van der Waals surface area contributed by atoms with Gasteiger partial charge in [-0.2, -0.15) is 13.2 Å². The third-order valence-corrected chi connectivity index (χ3v) is 4.96. The summed E-state index contributed by atoms with van der Waals surface area (Å²) in [5, 5.41) is 2.32. The average Bonchev–Trinajstić information content (AvgIpc) is 2.68. The molecule has 1 N–H and O–H groups in total. The SMILES string of the molecule is Cc1cccn2c(=O)c3c(nc12)CCN(C(=O)Nc1ccccc1C(F)(F)F)C3. The number of carbonyl (C=O) groups excluding carboxylic acids is 1. The highest BCUT2D eigenvalue weighted by Crippen LogP contribution is 2.34. The Balaban J connectivity index is 1.63. The van der Waals surface area contributed by atoms with Crippen molar-refractivity contribution in [1.29, 1.82) is 0 Å². The van der Waals surface area contributed by atoms with Crippen molar-refractivity contribution in [2.45, 2.75) is 26.1 Å². The molecule has 1 aliphatic heterocycles. The first-order valence-corrected chi connectivity index (χ1v) is 8.97. The molecule has 150 valence electrons. The van der Waals surface area contributed by atoms with E-state index in [0.29, 0.717) is 23.3 Å². The number of aromatic nitrogens is 2. The number of aryl methyl sites for hydroxylation is 1. The topological polar surface area (TPSA) is 66.7 Å². The predicted octanol–water partition coefficient (Wildman–Crippen LogP) is 3.61. The molecule has 2 aromatic heterocycles. The lowest BCUT2D eigenvalue weighted by Gasteiger charge is -2.28. The summed E-state index contributed by atoms with van der Waals surface area (Å²) >= 11 is 0. The zero-order valence-corrected chi connectivity index (χ0v) is 15.5. The van der Waals surface area contributed by atoms with Gasteiger partial charge in [0.1, 0.15) is 5.65 Å². The van der Waals surface area contributed by atoms with Gasteiger partial charge in [0, 0.05) is 19.2 Å². The molecular weight excluding hydrogens is 385 g/mol. The summed E-state index contributed by atoms with van der Waals surface area (Å²) in [5.41, 5.74) is 0.892. The Bertz CT molecular complexity index is 1170. The minimum absolute atomic E-state index is 0.0158. The second kappa shape index (κ2) is 6.91. The van der Waals surface area contributed by atoms with E-state index in [-0.39, 0.29) is 24.3 Å². The number of urea groups is 1. The lowest BCUT2D eigenvalue weighted by atomic mass is 10.1. The third-order valence-electron chi connectivity index (χ3n) is 4.96. The first kappa shape index (κ1) is 19.0. The number of amides is 2. The summed E-state index contributed by atoms with van der Waals surface area (Å²) in [6, 6.07) is 7.68. The number of benzene rings is 1. The summed E-state index contributed by atoms with van der Waals surface area (Å²) in [6.07, 6.45) is -2.63. The van der Waals surface area contributed by atoms with Crippen LogP contribution in [0.2, 0.25) is 0 Å². The van der Waals surface area contributed by atoms with Gasteiger partial charge in [-0.25, -0.2) is 9.78 Å². The molecule has 4 rings (SSSR count). The smallest absolute Gasteiger partial charge is 0.320 e. The van der Waals surface area contributed by atoms with Crippen molar-refractivity contribution in [3.63, 3.8) is 0 Å². The summed E-state index contributed by atoms with van der Waals surface area (Å²) in [6.45, 7) is 2.09. The van der Waals surface area contributed by atoms with E-state index in [9.17, 15) is 22.8 Å². The van der Waals surface area contributed by atoms with Gasteiger partial charge in [-0.1, -0.05) is 18.2 Å². The number of hydrogen-bond acceptors (Lipinski definition) is 3. The molecule has 29 heavy (non-hydrogen) atoms. The summed E-state index contributed by atoms with van der Waals surface area (Å²) in [5.74, 6) is 0. The number of hydrogen-bond donors (Lipinski definition) is 1. The van der Waals surface area contributed by atoms with Crippen LogP contribution in [0.1, 0.15) is 22.4 Å². The second-order valence-electron chi connectivity index (χ2n) is 6.87. The Morgan fingerprint density at radius 2 is 1.93 bits per heavy atom. The molecule has 0 saturated carbocycles. The van der Waals surface area contributed by atoms with Crippen molar-refractivity contribution in [3.05, 3.63) is 75.3 Å². The molecule has 3 aromatic rings. The monoisotopic (exact) mass is 402 g/mol. The number of carbonyl (C=O) groups is 1. The number of halogens is 3. The lowest BCUT2D eigenvalue weighted by molar-refractivity contribution is -0.136. The van der Waals surface area contributed by atoms with Gasteiger partial charge in [0.15, 0.2) is 0 Å². The number of alkyl halides is 3. The van der Waals surface area contributed by atoms with Crippen LogP contribution in [-0.2, 0) is 19.1 Å². The molecule has 0 spiro atoms. The zero-order valence-electron chi connectivity index (χ0n) is 15.5. The highest BCUT2D eigenvalue weighted by atomic mass is 19.4. The van der Waals surface area contributed by atoms with E-state index >= 15 is 0 Å². The highest BCUT2D eigenvalue weighted by Gasteiger charge is 2.34. The molecular formula is C20H17F3N4O2. The maximum absolute atomic E-state index is 13.2. The molecule has 0 radical (unpaired) electrons. The van der Waals surface area contributed by atoms with Gasteiger partial charge in [-0.15, -0.1) is 0 Å². The fourth-order valence-corrected chi connectivity index (χ4v) is 3.46. The number of pyridine rings is 1. The Labute approximate surface area is 163 Å². The standard InChI is InChI=1S/C20H17F3N4O2/c1-12-5-4-9-27-17(12)24-15-8-10-26(11-13(15)18(27)28)19(29)25-16-7-3-2-6-14(16)20(21,22)23/h2-7,9H,8,10-11H2,1H3,(H,25,29). The van der Waals surface area contributed by atoms with E-state index in [0.717, 1.165) is 11.6 Å². The third kappa shape index (κ3) is 3.43. The molecule has 9 heteroatoms. The van der Waals surface area contributed by atoms with Crippen LogP contribution < -0.4 is 10.9 Å². The van der Waals surface area contributed by atoms with Gasteiger partial charge in [-0.3, -0.25) is 9.20 Å². The van der Waals surface area contributed by atoms with Crippen LogP contribution in [0, 0.1) is 6.92 Å². The molecule has 2 amide bonds. The van der Waals surface area contributed by atoms with Gasteiger partial charge < -0.3 is 10.2 Å². The van der Waals surface area contributed by atoms with Crippen molar-refractivity contribution < 1.29 is 18.0 Å². The first-order chi connectivity index (χ1) is 13.8.